The van der Waals surface area contributed by atoms with Gasteiger partial charge in [-0.3, -0.25) is 4.57 Å². The van der Waals surface area contributed by atoms with Crippen molar-refractivity contribution < 1.29 is 18.7 Å². The van der Waals surface area contributed by atoms with Crippen LogP contribution in [-0.4, -0.2) is 15.6 Å². The molecule has 1 heterocycles. The van der Waals surface area contributed by atoms with Gasteiger partial charge in [0, 0.05) is 13.1 Å². The molecule has 5 nitrogen and oxygen atoms in total. The lowest BCUT2D eigenvalue weighted by molar-refractivity contribution is 0.0697. The van der Waals surface area contributed by atoms with Crippen LogP contribution in [0.15, 0.2) is 21.3 Å². The molecule has 1 N–H and O–H groups in total. The first kappa shape index (κ1) is 9.45. The number of fused-ring (bicyclic) bond motifs is 1. The van der Waals surface area contributed by atoms with E-state index in [1.54, 1.807) is 0 Å². The zero-order valence-electron chi connectivity index (χ0n) is 7.65. The van der Waals surface area contributed by atoms with Crippen LogP contribution in [0.5, 0.6) is 0 Å². The summed E-state index contributed by atoms with van der Waals surface area (Å²) in [6.07, 6.45) is 0. The summed E-state index contributed by atoms with van der Waals surface area (Å²) in [5.41, 5.74) is -0.350. The van der Waals surface area contributed by atoms with Crippen molar-refractivity contribution in [2.24, 2.45) is 7.05 Å². The molecule has 0 fully saturated rings. The van der Waals surface area contributed by atoms with Gasteiger partial charge in [0.2, 0.25) is 0 Å². The number of nitrogens with zero attached hydrogens (tertiary/aromatic N) is 1. The number of carboxylic acid groups (broad SMARTS) is 1. The Bertz CT molecular complexity index is 610. The van der Waals surface area contributed by atoms with Crippen LogP contribution in [0.3, 0.4) is 0 Å². The van der Waals surface area contributed by atoms with Gasteiger partial charge in [-0.15, -0.1) is 0 Å². The third-order valence-electron chi connectivity index (χ3n) is 2.09. The summed E-state index contributed by atoms with van der Waals surface area (Å²) in [7, 11) is 1.37. The third-order valence-corrected chi connectivity index (χ3v) is 2.09. The molecule has 0 saturated heterocycles. The van der Waals surface area contributed by atoms with E-state index in [0.29, 0.717) is 0 Å². The largest absolute Gasteiger partial charge is 0.478 e. The molecule has 1 aromatic heterocycles. The molecule has 0 radical (unpaired) electrons. The van der Waals surface area contributed by atoms with Crippen LogP contribution < -0.4 is 5.76 Å². The average molecular weight is 211 g/mol. The van der Waals surface area contributed by atoms with Crippen LogP contribution in [0.2, 0.25) is 0 Å². The summed E-state index contributed by atoms with van der Waals surface area (Å²) in [5, 5.41) is 8.77. The highest BCUT2D eigenvalue weighted by Gasteiger charge is 2.17. The van der Waals surface area contributed by atoms with Gasteiger partial charge in [0.1, 0.15) is 11.4 Å². The van der Waals surface area contributed by atoms with E-state index < -0.39 is 17.5 Å². The fourth-order valence-electron chi connectivity index (χ4n) is 1.35. The normalized spacial score (nSPS) is 10.8. The summed E-state index contributed by atoms with van der Waals surface area (Å²) < 4.78 is 18.8. The molecule has 0 aliphatic carbocycles. The van der Waals surface area contributed by atoms with Crippen molar-refractivity contribution in [2.45, 2.75) is 0 Å². The highest BCUT2D eigenvalue weighted by Crippen LogP contribution is 2.19. The lowest BCUT2D eigenvalue weighted by Gasteiger charge is -1.96. The van der Waals surface area contributed by atoms with Crippen LogP contribution in [-0.2, 0) is 7.05 Å². The molecule has 0 amide bonds. The zero-order valence-corrected chi connectivity index (χ0v) is 7.65. The molecule has 1 aromatic carbocycles. The average Bonchev–Trinajstić information content (AvgIpc) is 2.43. The molecular formula is C9H6FNO4. The molecule has 0 aliphatic rings. The standard InChI is InChI=1S/C9H6FNO4/c1-11-6-3-4(10)2-5(8(12)13)7(6)15-9(11)14/h2-3H,1H3,(H,12,13). The molecule has 0 saturated carbocycles. The number of benzene rings is 1. The van der Waals surface area contributed by atoms with Gasteiger partial charge in [0.25, 0.3) is 0 Å². The second kappa shape index (κ2) is 2.94. The predicted octanol–water partition coefficient (Wildman–Crippen LogP) is 0.969. The van der Waals surface area contributed by atoms with Crippen LogP contribution in [0.25, 0.3) is 11.1 Å². The van der Waals surface area contributed by atoms with Gasteiger partial charge in [0.05, 0.1) is 5.52 Å². The minimum absolute atomic E-state index is 0.114. The Kier molecular flexibility index (Phi) is 1.85. The summed E-state index contributed by atoms with van der Waals surface area (Å²) in [4.78, 5) is 21.9. The maximum atomic E-state index is 13.0. The molecule has 0 spiro atoms. The van der Waals surface area contributed by atoms with Crippen molar-refractivity contribution in [1.82, 2.24) is 4.57 Å². The van der Waals surface area contributed by atoms with E-state index in [4.69, 9.17) is 9.52 Å². The second-order valence-corrected chi connectivity index (χ2v) is 3.03. The number of carbonyl (C=O) groups is 1. The third kappa shape index (κ3) is 1.30. The molecular weight excluding hydrogens is 205 g/mol. The number of hydrogen-bond acceptors (Lipinski definition) is 3. The summed E-state index contributed by atoms with van der Waals surface area (Å²) >= 11 is 0. The quantitative estimate of drug-likeness (QED) is 0.762. The Morgan fingerprint density at radius 1 is 1.53 bits per heavy atom. The number of carboxylic acids is 1. The number of aryl methyl sites for hydroxylation is 1. The monoisotopic (exact) mass is 211 g/mol. The van der Waals surface area contributed by atoms with E-state index in [2.05, 4.69) is 0 Å². The number of halogens is 1. The topological polar surface area (TPSA) is 72.4 Å². The van der Waals surface area contributed by atoms with Crippen molar-refractivity contribution in [2.75, 3.05) is 0 Å². The van der Waals surface area contributed by atoms with Crippen LogP contribution >= 0.6 is 0 Å². The SMILES string of the molecule is Cn1c(=O)oc2c(C(=O)O)cc(F)cc21. The van der Waals surface area contributed by atoms with E-state index in [9.17, 15) is 14.0 Å². The first-order valence-corrected chi connectivity index (χ1v) is 4.03. The molecule has 0 atom stereocenters. The van der Waals surface area contributed by atoms with E-state index in [1.165, 1.54) is 7.05 Å². The number of aromatic carboxylic acids is 1. The Morgan fingerprint density at radius 2 is 2.20 bits per heavy atom. The molecule has 2 aromatic rings. The number of hydrogen-bond donors (Lipinski definition) is 1. The first-order valence-electron chi connectivity index (χ1n) is 4.03. The highest BCUT2D eigenvalue weighted by atomic mass is 19.1. The minimum atomic E-state index is -1.34. The molecule has 0 aliphatic heterocycles. The van der Waals surface area contributed by atoms with E-state index >= 15 is 0 Å². The van der Waals surface area contributed by atoms with Crippen LogP contribution in [0, 0.1) is 5.82 Å². The van der Waals surface area contributed by atoms with Crippen LogP contribution in [0.1, 0.15) is 10.4 Å². The van der Waals surface area contributed by atoms with Crippen LogP contribution in [0.4, 0.5) is 4.39 Å². The predicted molar refractivity (Wildman–Crippen MR) is 48.4 cm³/mol. The van der Waals surface area contributed by atoms with Gasteiger partial charge in [-0.1, -0.05) is 0 Å². The number of oxazole rings is 1. The molecule has 78 valence electrons. The van der Waals surface area contributed by atoms with E-state index in [0.717, 1.165) is 16.7 Å². The van der Waals surface area contributed by atoms with Gasteiger partial charge in [-0.2, -0.15) is 0 Å². The number of aromatic nitrogens is 1. The Hall–Kier alpha value is -2.11. The molecule has 0 bridgehead atoms. The first-order chi connectivity index (χ1) is 7.00. The highest BCUT2D eigenvalue weighted by molar-refractivity contribution is 6.00. The van der Waals surface area contributed by atoms with Crippen molar-refractivity contribution in [3.63, 3.8) is 0 Å². The van der Waals surface area contributed by atoms with Gasteiger partial charge >= 0.3 is 11.7 Å². The Morgan fingerprint density at radius 3 is 2.80 bits per heavy atom. The lowest BCUT2D eigenvalue weighted by atomic mass is 10.2. The second-order valence-electron chi connectivity index (χ2n) is 3.03. The van der Waals surface area contributed by atoms with Crippen molar-refractivity contribution in [3.05, 3.63) is 34.1 Å². The molecule has 15 heavy (non-hydrogen) atoms. The van der Waals surface area contributed by atoms with Crippen molar-refractivity contribution in [1.29, 1.82) is 0 Å². The van der Waals surface area contributed by atoms with Crippen molar-refractivity contribution >= 4 is 17.1 Å². The Labute approximate surface area is 82.3 Å². The van der Waals surface area contributed by atoms with Gasteiger partial charge < -0.3 is 9.52 Å². The molecule has 2 rings (SSSR count). The molecule has 6 heteroatoms. The van der Waals surface area contributed by atoms with E-state index in [1.807, 2.05) is 0 Å². The molecule has 0 unspecified atom stereocenters. The van der Waals surface area contributed by atoms with Gasteiger partial charge in [0.15, 0.2) is 5.58 Å². The van der Waals surface area contributed by atoms with E-state index in [-0.39, 0.29) is 16.7 Å². The maximum Gasteiger partial charge on any atom is 0.419 e. The smallest absolute Gasteiger partial charge is 0.419 e. The summed E-state index contributed by atoms with van der Waals surface area (Å²) in [5.74, 6) is -2.79. The Balaban J connectivity index is 2.99. The summed E-state index contributed by atoms with van der Waals surface area (Å²) in [6.45, 7) is 0. The van der Waals surface area contributed by atoms with Gasteiger partial charge in [-0.25, -0.2) is 14.0 Å². The lowest BCUT2D eigenvalue weighted by Crippen LogP contribution is -2.08. The van der Waals surface area contributed by atoms with Gasteiger partial charge in [-0.05, 0) is 6.07 Å². The maximum absolute atomic E-state index is 13.0. The summed E-state index contributed by atoms with van der Waals surface area (Å²) in [6, 6.07) is 1.86. The fraction of sp³-hybridized carbons (Fsp3) is 0.111. The number of rotatable bonds is 1. The fourth-order valence-corrected chi connectivity index (χ4v) is 1.35. The zero-order chi connectivity index (χ0) is 11.2. The van der Waals surface area contributed by atoms with Crippen molar-refractivity contribution in [3.8, 4) is 0 Å². The minimum Gasteiger partial charge on any atom is -0.478 e.